The van der Waals surface area contributed by atoms with Crippen LogP contribution in [0.1, 0.15) is 20.8 Å². The van der Waals surface area contributed by atoms with E-state index < -0.39 is 6.89 Å². The van der Waals surface area contributed by atoms with Gasteiger partial charge in [-0.3, -0.25) is 0 Å². The van der Waals surface area contributed by atoms with Crippen molar-refractivity contribution in [3.8, 4) is 0 Å². The SMILES string of the molecule is C=P(C)(C)CC(C)(C)C. The normalized spacial score (nSPS) is 13.9. The topological polar surface area (TPSA) is 0 Å². The summed E-state index contributed by atoms with van der Waals surface area (Å²) in [6.07, 6.45) is 5.46. The predicted octanol–water partition coefficient (Wildman–Crippen LogP) is 2.74. The van der Waals surface area contributed by atoms with Crippen LogP contribution in [0, 0.1) is 5.41 Å². The molecule has 0 aliphatic rings. The predicted molar refractivity (Wildman–Crippen MR) is 50.2 cm³/mol. The van der Waals surface area contributed by atoms with Crippen LogP contribution in [0.25, 0.3) is 0 Å². The molecular formula is C8H19P. The quantitative estimate of drug-likeness (QED) is 0.499. The maximum Gasteiger partial charge on any atom is -0.0288 e. The molecule has 1 heteroatoms. The minimum Gasteiger partial charge on any atom is -0.117 e. The van der Waals surface area contributed by atoms with Gasteiger partial charge in [-0.2, -0.15) is 0 Å². The maximum absolute atomic E-state index is 4.17. The van der Waals surface area contributed by atoms with E-state index >= 15 is 0 Å². The van der Waals surface area contributed by atoms with Crippen molar-refractivity contribution in [2.75, 3.05) is 19.5 Å². The molecule has 0 atom stereocenters. The smallest absolute Gasteiger partial charge is 0.0288 e. The summed E-state index contributed by atoms with van der Waals surface area (Å²) in [5.41, 5.74) is 0.471. The third-order valence-corrected chi connectivity index (χ3v) is 2.71. The van der Waals surface area contributed by atoms with Crippen molar-refractivity contribution < 1.29 is 0 Å². The molecular weight excluding hydrogens is 127 g/mol. The Morgan fingerprint density at radius 2 is 1.56 bits per heavy atom. The third kappa shape index (κ3) is 8.30. The van der Waals surface area contributed by atoms with E-state index in [4.69, 9.17) is 0 Å². The van der Waals surface area contributed by atoms with Crippen molar-refractivity contribution in [1.29, 1.82) is 0 Å². The minimum atomic E-state index is -0.787. The maximum atomic E-state index is 4.17. The van der Waals surface area contributed by atoms with Crippen molar-refractivity contribution in [1.82, 2.24) is 0 Å². The van der Waals surface area contributed by atoms with Gasteiger partial charge in [0, 0.05) is 0 Å². The zero-order chi connectivity index (χ0) is 7.71. The van der Waals surface area contributed by atoms with E-state index in [1.807, 2.05) is 0 Å². The number of rotatable bonds is 1. The third-order valence-electron chi connectivity index (χ3n) is 0.902. The summed E-state index contributed by atoms with van der Waals surface area (Å²) in [4.78, 5) is 0. The molecule has 0 nitrogen and oxygen atoms in total. The van der Waals surface area contributed by atoms with E-state index in [1.165, 1.54) is 6.16 Å². The molecule has 0 aliphatic heterocycles. The highest BCUT2D eigenvalue weighted by molar-refractivity contribution is 7.72. The fourth-order valence-corrected chi connectivity index (χ4v) is 3.85. The second-order valence-electron chi connectivity index (χ2n) is 4.65. The van der Waals surface area contributed by atoms with E-state index in [-0.39, 0.29) is 0 Å². The lowest BCUT2D eigenvalue weighted by Crippen LogP contribution is -2.10. The Morgan fingerprint density at radius 1 is 1.22 bits per heavy atom. The van der Waals surface area contributed by atoms with Crippen molar-refractivity contribution in [2.45, 2.75) is 20.8 Å². The molecule has 0 unspecified atom stereocenters. The van der Waals surface area contributed by atoms with Crippen molar-refractivity contribution >= 4 is 13.2 Å². The van der Waals surface area contributed by atoms with Crippen LogP contribution in [0.3, 0.4) is 0 Å². The lowest BCUT2D eigenvalue weighted by molar-refractivity contribution is 0.477. The largest absolute Gasteiger partial charge is 0.117 e. The van der Waals surface area contributed by atoms with Crippen LogP contribution in [0.15, 0.2) is 0 Å². The summed E-state index contributed by atoms with van der Waals surface area (Å²) >= 11 is 0. The van der Waals surface area contributed by atoms with E-state index in [0.717, 1.165) is 0 Å². The van der Waals surface area contributed by atoms with Gasteiger partial charge in [0.25, 0.3) is 0 Å². The van der Waals surface area contributed by atoms with Crippen LogP contribution in [0.4, 0.5) is 0 Å². The van der Waals surface area contributed by atoms with Gasteiger partial charge in [-0.1, -0.05) is 20.8 Å². The first kappa shape index (κ1) is 9.30. The zero-order valence-electron chi connectivity index (χ0n) is 7.36. The zero-order valence-corrected chi connectivity index (χ0v) is 8.26. The fourth-order valence-electron chi connectivity index (χ4n) is 1.28. The lowest BCUT2D eigenvalue weighted by atomic mass is 10.0. The van der Waals surface area contributed by atoms with Crippen LogP contribution < -0.4 is 0 Å². The molecule has 0 spiro atoms. The minimum absolute atomic E-state index is 0.471. The van der Waals surface area contributed by atoms with Crippen LogP contribution in [0.2, 0.25) is 0 Å². The Kier molecular flexibility index (Phi) is 2.58. The van der Waals surface area contributed by atoms with Crippen LogP contribution >= 0.6 is 6.89 Å². The van der Waals surface area contributed by atoms with Gasteiger partial charge in [-0.15, -0.1) is 13.2 Å². The van der Waals surface area contributed by atoms with Crippen molar-refractivity contribution in [2.24, 2.45) is 5.41 Å². The number of hydrogen-bond acceptors (Lipinski definition) is 0. The van der Waals surface area contributed by atoms with E-state index in [9.17, 15) is 0 Å². The van der Waals surface area contributed by atoms with Crippen molar-refractivity contribution in [3.05, 3.63) is 0 Å². The molecule has 0 aromatic heterocycles. The Bertz CT molecular complexity index is 122. The second-order valence-corrected chi connectivity index (χ2v) is 8.84. The first-order chi connectivity index (χ1) is 3.71. The highest BCUT2D eigenvalue weighted by Gasteiger charge is 2.14. The highest BCUT2D eigenvalue weighted by Crippen LogP contribution is 2.41. The summed E-state index contributed by atoms with van der Waals surface area (Å²) < 4.78 is 0. The molecule has 0 rings (SSSR count). The van der Waals surface area contributed by atoms with Gasteiger partial charge in [0.15, 0.2) is 0 Å². The van der Waals surface area contributed by atoms with Gasteiger partial charge in [0.05, 0.1) is 0 Å². The molecule has 0 amide bonds. The summed E-state index contributed by atoms with van der Waals surface area (Å²) in [7, 11) is 0. The Labute approximate surface area is 59.6 Å². The molecule has 0 saturated heterocycles. The highest BCUT2D eigenvalue weighted by atomic mass is 31.2. The molecule has 0 aliphatic carbocycles. The van der Waals surface area contributed by atoms with Crippen LogP contribution in [-0.2, 0) is 0 Å². The Morgan fingerprint density at radius 3 is 1.56 bits per heavy atom. The average molecular weight is 146 g/mol. The molecule has 56 valence electrons. The summed E-state index contributed by atoms with van der Waals surface area (Å²) in [5, 5.41) is 0. The first-order valence-corrected chi connectivity index (χ1v) is 6.43. The summed E-state index contributed by atoms with van der Waals surface area (Å²) in [6, 6.07) is 0. The first-order valence-electron chi connectivity index (χ1n) is 3.38. The molecule has 0 aromatic carbocycles. The molecule has 0 heterocycles. The van der Waals surface area contributed by atoms with Gasteiger partial charge >= 0.3 is 0 Å². The van der Waals surface area contributed by atoms with E-state index in [2.05, 4.69) is 40.4 Å². The van der Waals surface area contributed by atoms with Crippen LogP contribution in [0.5, 0.6) is 0 Å². The average Bonchev–Trinajstić information content (AvgIpc) is 1.14. The molecule has 0 bridgehead atoms. The molecule has 0 radical (unpaired) electrons. The lowest BCUT2D eigenvalue weighted by Gasteiger charge is -2.24. The monoisotopic (exact) mass is 146 g/mol. The summed E-state index contributed by atoms with van der Waals surface area (Å²) in [6.45, 7) is 10.6. The Balaban J connectivity index is 3.90. The van der Waals surface area contributed by atoms with Gasteiger partial charge < -0.3 is 0 Å². The van der Waals surface area contributed by atoms with Gasteiger partial charge in [-0.25, -0.2) is 0 Å². The second kappa shape index (κ2) is 2.50. The van der Waals surface area contributed by atoms with E-state index in [0.29, 0.717) is 5.41 Å². The van der Waals surface area contributed by atoms with E-state index in [1.54, 1.807) is 0 Å². The van der Waals surface area contributed by atoms with Crippen molar-refractivity contribution in [3.63, 3.8) is 0 Å². The van der Waals surface area contributed by atoms with Gasteiger partial charge in [0.2, 0.25) is 0 Å². The van der Waals surface area contributed by atoms with Crippen LogP contribution in [-0.4, -0.2) is 25.8 Å². The fraction of sp³-hybridized carbons (Fsp3) is 0.875. The molecule has 0 aromatic rings. The Hall–Kier alpha value is 0.300. The molecule has 0 N–H and O–H groups in total. The molecule has 0 fully saturated rings. The number of hydrogen-bond donors (Lipinski definition) is 0. The van der Waals surface area contributed by atoms with Gasteiger partial charge in [0.1, 0.15) is 0 Å². The standard InChI is InChI=1S/C8H19P/c1-8(2,3)7-9(4,5)6/h4,7H2,1-3,5-6H3. The van der Waals surface area contributed by atoms with Gasteiger partial charge in [-0.05, 0) is 24.9 Å². The molecule has 0 saturated carbocycles. The summed E-state index contributed by atoms with van der Waals surface area (Å²) in [5.74, 6) is 0. The molecule has 9 heavy (non-hydrogen) atoms.